The van der Waals surface area contributed by atoms with Gasteiger partial charge >= 0.3 is 0 Å². The Hall–Kier alpha value is -1.16. The molecule has 1 aromatic rings. The van der Waals surface area contributed by atoms with Crippen LogP contribution in [-0.2, 0) is 0 Å². The maximum absolute atomic E-state index is 12.9. The number of rotatable bonds is 3. The Bertz CT molecular complexity index is 312. The van der Waals surface area contributed by atoms with Crippen LogP contribution in [0.2, 0.25) is 0 Å². The van der Waals surface area contributed by atoms with Crippen molar-refractivity contribution in [3.05, 3.63) is 24.1 Å². The van der Waals surface area contributed by atoms with Gasteiger partial charge < -0.3 is 9.84 Å². The van der Waals surface area contributed by atoms with Gasteiger partial charge in [0.2, 0.25) is 0 Å². The molecular formula is C9H9FNO2. The molecule has 0 bridgehead atoms. The number of nitrogens with zero attached hydrogens (tertiary/aromatic N) is 1. The van der Waals surface area contributed by atoms with Crippen LogP contribution in [0.1, 0.15) is 12.8 Å². The first kappa shape index (κ1) is 8.44. The standard InChI is InChI=1S/C9H9FNO2/c10-7-2-1-5-11-8(7)13-6-9(12)3-4-9/h1,5,12H,3-4,6H2. The van der Waals surface area contributed by atoms with Crippen LogP contribution in [0.5, 0.6) is 5.88 Å². The monoisotopic (exact) mass is 182 g/mol. The first-order valence-electron chi connectivity index (χ1n) is 4.07. The third-order valence-corrected chi connectivity index (χ3v) is 1.97. The van der Waals surface area contributed by atoms with Gasteiger partial charge in [0.05, 0.1) is 5.60 Å². The molecule has 0 spiro atoms. The number of hydrogen-bond donors (Lipinski definition) is 1. The highest BCUT2D eigenvalue weighted by Crippen LogP contribution is 2.35. The number of hydrogen-bond acceptors (Lipinski definition) is 3. The van der Waals surface area contributed by atoms with Gasteiger partial charge in [-0.1, -0.05) is 0 Å². The van der Waals surface area contributed by atoms with Gasteiger partial charge in [-0.3, -0.25) is 0 Å². The van der Waals surface area contributed by atoms with E-state index in [-0.39, 0.29) is 12.5 Å². The van der Waals surface area contributed by atoms with Crippen molar-refractivity contribution in [1.29, 1.82) is 0 Å². The Morgan fingerprint density at radius 1 is 1.69 bits per heavy atom. The van der Waals surface area contributed by atoms with Gasteiger partial charge in [-0.05, 0) is 18.9 Å². The average Bonchev–Trinajstić information content (AvgIpc) is 2.83. The van der Waals surface area contributed by atoms with Gasteiger partial charge in [0.25, 0.3) is 5.88 Å². The highest BCUT2D eigenvalue weighted by molar-refractivity contribution is 5.12. The molecule has 1 aromatic heterocycles. The summed E-state index contributed by atoms with van der Waals surface area (Å²) < 4.78 is 17.9. The molecule has 0 aromatic carbocycles. The van der Waals surface area contributed by atoms with Gasteiger partial charge in [0.1, 0.15) is 6.61 Å². The maximum atomic E-state index is 12.9. The van der Waals surface area contributed by atoms with E-state index in [1.54, 1.807) is 0 Å². The Morgan fingerprint density at radius 2 is 2.46 bits per heavy atom. The number of aliphatic hydroxyl groups is 1. The summed E-state index contributed by atoms with van der Waals surface area (Å²) in [6.45, 7) is 0.106. The zero-order valence-electron chi connectivity index (χ0n) is 6.96. The van der Waals surface area contributed by atoms with Crippen molar-refractivity contribution >= 4 is 0 Å². The summed E-state index contributed by atoms with van der Waals surface area (Å²) in [6, 6.07) is 3.69. The molecule has 1 fully saturated rings. The first-order valence-corrected chi connectivity index (χ1v) is 4.07. The molecule has 0 atom stereocenters. The molecule has 3 nitrogen and oxygen atoms in total. The van der Waals surface area contributed by atoms with E-state index in [1.807, 2.05) is 0 Å². The van der Waals surface area contributed by atoms with Gasteiger partial charge in [0.15, 0.2) is 5.82 Å². The summed E-state index contributed by atoms with van der Waals surface area (Å²) in [5.41, 5.74) is -0.746. The fraction of sp³-hybridized carbons (Fsp3) is 0.444. The summed E-state index contributed by atoms with van der Waals surface area (Å²) in [4.78, 5) is 3.67. The summed E-state index contributed by atoms with van der Waals surface area (Å²) in [6.07, 6.45) is 2.83. The fourth-order valence-electron chi connectivity index (χ4n) is 0.926. The molecule has 0 aliphatic heterocycles. The summed E-state index contributed by atoms with van der Waals surface area (Å²) in [5, 5.41) is 9.40. The van der Waals surface area contributed by atoms with E-state index in [1.165, 1.54) is 12.3 Å². The van der Waals surface area contributed by atoms with Crippen molar-refractivity contribution in [3.8, 4) is 5.88 Å². The van der Waals surface area contributed by atoms with Crippen LogP contribution in [0.25, 0.3) is 0 Å². The van der Waals surface area contributed by atoms with E-state index in [0.29, 0.717) is 12.8 Å². The number of aromatic nitrogens is 1. The molecule has 2 rings (SSSR count). The number of pyridine rings is 1. The topological polar surface area (TPSA) is 42.4 Å². The molecule has 1 aliphatic carbocycles. The van der Waals surface area contributed by atoms with Crippen molar-refractivity contribution in [2.24, 2.45) is 0 Å². The van der Waals surface area contributed by atoms with Crippen LogP contribution < -0.4 is 4.74 Å². The van der Waals surface area contributed by atoms with Crippen LogP contribution in [0.3, 0.4) is 0 Å². The Morgan fingerprint density at radius 3 is 3.08 bits per heavy atom. The normalized spacial score (nSPS) is 18.3. The molecule has 0 amide bonds. The molecule has 0 unspecified atom stereocenters. The smallest absolute Gasteiger partial charge is 0.251 e. The lowest BCUT2D eigenvalue weighted by Gasteiger charge is -2.08. The third-order valence-electron chi connectivity index (χ3n) is 1.97. The molecule has 1 aliphatic rings. The second-order valence-electron chi connectivity index (χ2n) is 3.22. The number of ether oxygens (including phenoxy) is 1. The molecular weight excluding hydrogens is 173 g/mol. The second-order valence-corrected chi connectivity index (χ2v) is 3.22. The van der Waals surface area contributed by atoms with Crippen molar-refractivity contribution in [1.82, 2.24) is 4.98 Å². The van der Waals surface area contributed by atoms with Gasteiger partial charge in [0, 0.05) is 12.3 Å². The predicted molar refractivity (Wildman–Crippen MR) is 42.7 cm³/mol. The highest BCUT2D eigenvalue weighted by Gasteiger charge is 2.41. The minimum absolute atomic E-state index is 0.0946. The summed E-state index contributed by atoms with van der Waals surface area (Å²) in [5.74, 6) is -0.713. The quantitative estimate of drug-likeness (QED) is 0.756. The average molecular weight is 182 g/mol. The molecule has 1 heterocycles. The molecule has 13 heavy (non-hydrogen) atoms. The maximum Gasteiger partial charge on any atom is 0.251 e. The molecule has 1 radical (unpaired) electrons. The Kier molecular flexibility index (Phi) is 1.92. The number of halogens is 1. The van der Waals surface area contributed by atoms with E-state index in [4.69, 9.17) is 4.74 Å². The lowest BCUT2D eigenvalue weighted by Crippen LogP contribution is -2.19. The lowest BCUT2D eigenvalue weighted by molar-refractivity contribution is 0.0810. The van der Waals surface area contributed by atoms with Crippen molar-refractivity contribution in [2.45, 2.75) is 18.4 Å². The van der Waals surface area contributed by atoms with Gasteiger partial charge in [-0.25, -0.2) is 9.37 Å². The molecule has 1 N–H and O–H groups in total. The van der Waals surface area contributed by atoms with Crippen molar-refractivity contribution in [3.63, 3.8) is 0 Å². The Labute approximate surface area is 75.2 Å². The van der Waals surface area contributed by atoms with E-state index in [0.717, 1.165) is 0 Å². The van der Waals surface area contributed by atoms with E-state index >= 15 is 0 Å². The van der Waals surface area contributed by atoms with Crippen LogP contribution in [0, 0.1) is 11.9 Å². The van der Waals surface area contributed by atoms with E-state index in [2.05, 4.69) is 11.1 Å². The fourth-order valence-corrected chi connectivity index (χ4v) is 0.926. The molecule has 69 valence electrons. The predicted octanol–water partition coefficient (Wildman–Crippen LogP) is 0.925. The van der Waals surface area contributed by atoms with Gasteiger partial charge in [-0.2, -0.15) is 0 Å². The SMILES string of the molecule is OC1(COc2ncc[c]c2F)CC1. The summed E-state index contributed by atoms with van der Waals surface area (Å²) >= 11 is 0. The van der Waals surface area contributed by atoms with Gasteiger partial charge in [-0.15, -0.1) is 0 Å². The summed E-state index contributed by atoms with van der Waals surface area (Å²) in [7, 11) is 0. The van der Waals surface area contributed by atoms with Crippen molar-refractivity contribution < 1.29 is 14.2 Å². The second kappa shape index (κ2) is 2.96. The van der Waals surface area contributed by atoms with Crippen LogP contribution in [0.4, 0.5) is 4.39 Å². The molecule has 4 heteroatoms. The van der Waals surface area contributed by atoms with E-state index in [9.17, 15) is 9.50 Å². The molecule has 0 saturated heterocycles. The molecule has 1 saturated carbocycles. The minimum Gasteiger partial charge on any atom is -0.473 e. The lowest BCUT2D eigenvalue weighted by atomic mass is 10.4. The largest absolute Gasteiger partial charge is 0.473 e. The van der Waals surface area contributed by atoms with E-state index < -0.39 is 11.4 Å². The minimum atomic E-state index is -0.746. The van der Waals surface area contributed by atoms with Crippen LogP contribution >= 0.6 is 0 Å². The Balaban J connectivity index is 1.97. The third kappa shape index (κ3) is 1.95. The van der Waals surface area contributed by atoms with Crippen molar-refractivity contribution in [2.75, 3.05) is 6.61 Å². The highest BCUT2D eigenvalue weighted by atomic mass is 19.1. The zero-order valence-corrected chi connectivity index (χ0v) is 6.96. The van der Waals surface area contributed by atoms with Crippen LogP contribution in [0.15, 0.2) is 12.3 Å². The zero-order chi connectivity index (χ0) is 9.31. The first-order chi connectivity index (χ1) is 6.20. The van der Waals surface area contributed by atoms with Crippen LogP contribution in [-0.4, -0.2) is 22.3 Å².